The Balaban J connectivity index is 1.87. The third-order valence-electron chi connectivity index (χ3n) is 2.95. The molecule has 0 radical (unpaired) electrons. The second kappa shape index (κ2) is 7.18. The predicted octanol–water partition coefficient (Wildman–Crippen LogP) is 0.480. The molecule has 0 saturated heterocycles. The average Bonchev–Trinajstić information content (AvgIpc) is 2.99. The number of aryl methyl sites for hydroxylation is 1. The first kappa shape index (κ1) is 14.7. The van der Waals surface area contributed by atoms with E-state index in [1.165, 1.54) is 17.3 Å². The minimum atomic E-state index is -1.05. The summed E-state index contributed by atoms with van der Waals surface area (Å²) in [6.07, 6.45) is 3.30. The maximum atomic E-state index is 11.8. The van der Waals surface area contributed by atoms with Gasteiger partial charge in [0.1, 0.15) is 18.7 Å². The van der Waals surface area contributed by atoms with E-state index in [-0.39, 0.29) is 18.7 Å². The Morgan fingerprint density at radius 2 is 2.05 bits per heavy atom. The van der Waals surface area contributed by atoms with Crippen LogP contribution in [0.1, 0.15) is 12.0 Å². The van der Waals surface area contributed by atoms with E-state index in [4.69, 9.17) is 0 Å². The van der Waals surface area contributed by atoms with Crippen molar-refractivity contribution in [3.8, 4) is 0 Å². The number of aromatic nitrogens is 3. The summed E-state index contributed by atoms with van der Waals surface area (Å²) in [4.78, 5) is 26.8. The predicted molar refractivity (Wildman–Crippen MR) is 74.4 cm³/mol. The Morgan fingerprint density at radius 1 is 1.29 bits per heavy atom. The van der Waals surface area contributed by atoms with Crippen molar-refractivity contribution in [2.45, 2.75) is 25.4 Å². The minimum absolute atomic E-state index is 0.155. The molecule has 0 saturated carbocycles. The Labute approximate surface area is 121 Å². The molecule has 0 fully saturated rings. The lowest BCUT2D eigenvalue weighted by molar-refractivity contribution is -0.141. The molecule has 0 spiro atoms. The van der Waals surface area contributed by atoms with Crippen LogP contribution < -0.4 is 5.32 Å². The van der Waals surface area contributed by atoms with E-state index in [1.807, 2.05) is 30.3 Å². The summed E-state index contributed by atoms with van der Waals surface area (Å²) in [5.74, 6) is -1.37. The summed E-state index contributed by atoms with van der Waals surface area (Å²) in [5, 5.41) is 15.6. The number of carbonyl (C=O) groups excluding carboxylic acids is 1. The lowest BCUT2D eigenvalue weighted by atomic mass is 10.1. The molecule has 2 N–H and O–H groups in total. The summed E-state index contributed by atoms with van der Waals surface area (Å²) in [7, 11) is 0. The van der Waals surface area contributed by atoms with Crippen LogP contribution in [0.25, 0.3) is 0 Å². The molecule has 1 heterocycles. The number of hydrogen-bond acceptors (Lipinski definition) is 4. The molecule has 1 amide bonds. The standard InChI is InChI=1S/C14H16N4O3/c19-13(6-7-18-10-15-9-16-18)17-12(14(20)21)8-11-4-2-1-3-5-11/h1-5,9-10,12H,6-8H2,(H,17,19)(H,20,21)/t12-/m0/s1. The van der Waals surface area contributed by atoms with Crippen LogP contribution in [0.3, 0.4) is 0 Å². The van der Waals surface area contributed by atoms with Crippen molar-refractivity contribution < 1.29 is 14.7 Å². The first-order chi connectivity index (χ1) is 10.1. The van der Waals surface area contributed by atoms with Gasteiger partial charge in [0.05, 0.1) is 6.54 Å². The fourth-order valence-corrected chi connectivity index (χ4v) is 1.88. The number of carboxylic acids is 1. The summed E-state index contributed by atoms with van der Waals surface area (Å²) in [6.45, 7) is 0.365. The smallest absolute Gasteiger partial charge is 0.326 e. The third-order valence-corrected chi connectivity index (χ3v) is 2.95. The zero-order chi connectivity index (χ0) is 15.1. The molecule has 7 heteroatoms. The van der Waals surface area contributed by atoms with Gasteiger partial charge in [0.2, 0.25) is 5.91 Å². The van der Waals surface area contributed by atoms with Gasteiger partial charge in [-0.2, -0.15) is 5.10 Å². The van der Waals surface area contributed by atoms with Gasteiger partial charge in [0.15, 0.2) is 0 Å². The van der Waals surface area contributed by atoms with Gasteiger partial charge in [-0.25, -0.2) is 9.78 Å². The highest BCUT2D eigenvalue weighted by atomic mass is 16.4. The highest BCUT2D eigenvalue weighted by Crippen LogP contribution is 2.04. The Kier molecular flexibility index (Phi) is 5.03. The number of nitrogens with one attached hydrogen (secondary N) is 1. The molecule has 7 nitrogen and oxygen atoms in total. The van der Waals surface area contributed by atoms with Crippen molar-refractivity contribution in [1.82, 2.24) is 20.1 Å². The average molecular weight is 288 g/mol. The van der Waals surface area contributed by atoms with Gasteiger partial charge < -0.3 is 10.4 Å². The van der Waals surface area contributed by atoms with E-state index in [0.29, 0.717) is 6.54 Å². The second-order valence-electron chi connectivity index (χ2n) is 4.56. The van der Waals surface area contributed by atoms with Crippen LogP contribution in [0.2, 0.25) is 0 Å². The van der Waals surface area contributed by atoms with Crippen molar-refractivity contribution in [3.63, 3.8) is 0 Å². The van der Waals surface area contributed by atoms with Gasteiger partial charge in [0.25, 0.3) is 0 Å². The molecule has 0 unspecified atom stereocenters. The topological polar surface area (TPSA) is 97.1 Å². The van der Waals surface area contributed by atoms with Crippen LogP contribution in [0, 0.1) is 0 Å². The number of benzene rings is 1. The zero-order valence-corrected chi connectivity index (χ0v) is 11.3. The van der Waals surface area contributed by atoms with Gasteiger partial charge in [0, 0.05) is 12.8 Å². The number of nitrogens with zero attached hydrogens (tertiary/aromatic N) is 3. The molecule has 0 aliphatic carbocycles. The second-order valence-corrected chi connectivity index (χ2v) is 4.56. The maximum absolute atomic E-state index is 11.8. The summed E-state index contributed by atoms with van der Waals surface area (Å²) in [6, 6.07) is 8.25. The van der Waals surface area contributed by atoms with E-state index in [2.05, 4.69) is 15.4 Å². The Hall–Kier alpha value is -2.70. The van der Waals surface area contributed by atoms with Gasteiger partial charge in [-0.3, -0.25) is 9.48 Å². The Morgan fingerprint density at radius 3 is 2.67 bits per heavy atom. The molecule has 2 aromatic rings. The van der Waals surface area contributed by atoms with E-state index in [0.717, 1.165) is 5.56 Å². The molecule has 0 bridgehead atoms. The highest BCUT2D eigenvalue weighted by Gasteiger charge is 2.20. The van der Waals surface area contributed by atoms with Crippen LogP contribution in [-0.2, 0) is 22.6 Å². The summed E-state index contributed by atoms with van der Waals surface area (Å²) >= 11 is 0. The van der Waals surface area contributed by atoms with Crippen molar-refractivity contribution in [3.05, 3.63) is 48.5 Å². The highest BCUT2D eigenvalue weighted by molar-refractivity contribution is 5.83. The van der Waals surface area contributed by atoms with Crippen molar-refractivity contribution in [2.24, 2.45) is 0 Å². The number of aliphatic carboxylic acids is 1. The molecular formula is C14H16N4O3. The molecule has 2 rings (SSSR count). The summed E-state index contributed by atoms with van der Waals surface area (Å²) < 4.78 is 1.52. The van der Waals surface area contributed by atoms with Crippen LogP contribution in [-0.4, -0.2) is 37.8 Å². The van der Waals surface area contributed by atoms with Crippen LogP contribution in [0.15, 0.2) is 43.0 Å². The molecule has 21 heavy (non-hydrogen) atoms. The van der Waals surface area contributed by atoms with Crippen LogP contribution >= 0.6 is 0 Å². The maximum Gasteiger partial charge on any atom is 0.326 e. The minimum Gasteiger partial charge on any atom is -0.480 e. The fraction of sp³-hybridized carbons (Fsp3) is 0.286. The Bertz CT molecular complexity index is 584. The number of carbonyl (C=O) groups is 2. The van der Waals surface area contributed by atoms with Gasteiger partial charge >= 0.3 is 5.97 Å². The van der Waals surface area contributed by atoms with E-state index in [9.17, 15) is 14.7 Å². The zero-order valence-electron chi connectivity index (χ0n) is 11.3. The first-order valence-corrected chi connectivity index (χ1v) is 6.53. The molecule has 0 aliphatic rings. The van der Waals surface area contributed by atoms with Crippen molar-refractivity contribution in [2.75, 3.05) is 0 Å². The number of hydrogen-bond donors (Lipinski definition) is 2. The number of amides is 1. The first-order valence-electron chi connectivity index (χ1n) is 6.53. The van der Waals surface area contributed by atoms with E-state index < -0.39 is 12.0 Å². The normalized spacial score (nSPS) is 11.8. The van der Waals surface area contributed by atoms with Crippen molar-refractivity contribution >= 4 is 11.9 Å². The SMILES string of the molecule is O=C(CCn1cncn1)N[C@@H](Cc1ccccc1)C(=O)O. The fourth-order valence-electron chi connectivity index (χ4n) is 1.88. The van der Waals surface area contributed by atoms with Gasteiger partial charge in [-0.05, 0) is 5.56 Å². The van der Waals surface area contributed by atoms with E-state index >= 15 is 0 Å². The van der Waals surface area contributed by atoms with Crippen LogP contribution in [0.5, 0.6) is 0 Å². The molecule has 110 valence electrons. The lowest BCUT2D eigenvalue weighted by Crippen LogP contribution is -2.42. The van der Waals surface area contributed by atoms with Crippen LogP contribution in [0.4, 0.5) is 0 Å². The van der Waals surface area contributed by atoms with Gasteiger partial charge in [-0.15, -0.1) is 0 Å². The number of carboxylic acid groups (broad SMARTS) is 1. The number of rotatable bonds is 7. The molecule has 1 aromatic carbocycles. The monoisotopic (exact) mass is 288 g/mol. The van der Waals surface area contributed by atoms with Crippen molar-refractivity contribution in [1.29, 1.82) is 0 Å². The van der Waals surface area contributed by atoms with E-state index in [1.54, 1.807) is 0 Å². The molecule has 0 aliphatic heterocycles. The van der Waals surface area contributed by atoms with Gasteiger partial charge in [-0.1, -0.05) is 30.3 Å². The summed E-state index contributed by atoms with van der Waals surface area (Å²) in [5.41, 5.74) is 0.862. The molecule has 1 aromatic heterocycles. The molecular weight excluding hydrogens is 272 g/mol. The molecule has 1 atom stereocenters. The third kappa shape index (κ3) is 4.72. The lowest BCUT2D eigenvalue weighted by Gasteiger charge is -2.14. The largest absolute Gasteiger partial charge is 0.480 e. The quantitative estimate of drug-likeness (QED) is 0.772.